The monoisotopic (exact) mass is 253 g/mol. The summed E-state index contributed by atoms with van der Waals surface area (Å²) in [5.41, 5.74) is 2.17. The van der Waals surface area contributed by atoms with Gasteiger partial charge in [0.1, 0.15) is 18.0 Å². The van der Waals surface area contributed by atoms with E-state index in [1.807, 2.05) is 13.8 Å². The molecule has 1 aliphatic rings. The van der Waals surface area contributed by atoms with Crippen LogP contribution in [0.2, 0.25) is 0 Å². The van der Waals surface area contributed by atoms with Crippen molar-refractivity contribution in [1.82, 2.24) is 9.97 Å². The van der Waals surface area contributed by atoms with Crippen LogP contribution in [0.5, 0.6) is 0 Å². The molecule has 4 N–H and O–H groups in total. The van der Waals surface area contributed by atoms with E-state index in [-0.39, 0.29) is 18.3 Å². The Hall–Kier alpha value is -1.44. The molecule has 0 radical (unpaired) electrons. The predicted octanol–water partition coefficient (Wildman–Crippen LogP) is -0.262. The van der Waals surface area contributed by atoms with Crippen molar-refractivity contribution in [1.29, 1.82) is 0 Å². The zero-order valence-electron chi connectivity index (χ0n) is 10.6. The molecule has 1 saturated heterocycles. The first kappa shape index (κ1) is 13.0. The molecule has 0 aliphatic carbocycles. The minimum atomic E-state index is -0.326. The number of nitrogen functional groups attached to an aromatic ring is 1. The molecule has 1 aromatic rings. The highest BCUT2D eigenvalue weighted by molar-refractivity contribution is 5.48. The number of aliphatic hydroxyl groups excluding tert-OH is 1. The molecule has 7 nitrogen and oxygen atoms in total. The molecule has 0 spiro atoms. The minimum absolute atomic E-state index is 0.00693. The molecule has 0 bridgehead atoms. The van der Waals surface area contributed by atoms with Crippen molar-refractivity contribution in [2.24, 2.45) is 5.84 Å². The molecule has 0 saturated carbocycles. The van der Waals surface area contributed by atoms with E-state index in [1.54, 1.807) is 6.07 Å². The zero-order chi connectivity index (χ0) is 13.2. The number of anilines is 2. The van der Waals surface area contributed by atoms with Gasteiger partial charge in [0.25, 0.3) is 0 Å². The third kappa shape index (κ3) is 2.87. The summed E-state index contributed by atoms with van der Waals surface area (Å²) in [5.74, 6) is 6.66. The van der Waals surface area contributed by atoms with Gasteiger partial charge in [-0.25, -0.2) is 15.8 Å². The first-order chi connectivity index (χ1) is 8.54. The molecule has 0 aromatic carbocycles. The summed E-state index contributed by atoms with van der Waals surface area (Å²) in [7, 11) is 0. The third-order valence-corrected chi connectivity index (χ3v) is 2.81. The Morgan fingerprint density at radius 3 is 3.06 bits per heavy atom. The summed E-state index contributed by atoms with van der Waals surface area (Å²) in [6.45, 7) is 5.27. The van der Waals surface area contributed by atoms with Gasteiger partial charge in [-0.2, -0.15) is 0 Å². The predicted molar refractivity (Wildman–Crippen MR) is 68.1 cm³/mol. The fourth-order valence-electron chi connectivity index (χ4n) is 2.16. The largest absolute Gasteiger partial charge is 0.394 e. The lowest BCUT2D eigenvalue weighted by Crippen LogP contribution is -2.54. The second kappa shape index (κ2) is 5.05. The number of hydrogen-bond donors (Lipinski definition) is 3. The van der Waals surface area contributed by atoms with Crippen molar-refractivity contribution in [3.63, 3.8) is 0 Å². The van der Waals surface area contributed by atoms with Crippen LogP contribution in [-0.2, 0) is 4.74 Å². The lowest BCUT2D eigenvalue weighted by atomic mass is 10.1. The van der Waals surface area contributed by atoms with Crippen LogP contribution in [0, 0.1) is 0 Å². The molecule has 7 heteroatoms. The maximum absolute atomic E-state index is 9.27. The van der Waals surface area contributed by atoms with Crippen LogP contribution in [0.25, 0.3) is 0 Å². The number of hydrogen-bond acceptors (Lipinski definition) is 7. The Balaban J connectivity index is 2.20. The lowest BCUT2D eigenvalue weighted by Gasteiger charge is -2.42. The minimum Gasteiger partial charge on any atom is -0.394 e. The Bertz CT molecular complexity index is 412. The molecule has 2 heterocycles. The van der Waals surface area contributed by atoms with Crippen LogP contribution < -0.4 is 16.2 Å². The molecule has 18 heavy (non-hydrogen) atoms. The topological polar surface area (TPSA) is 96.5 Å². The van der Waals surface area contributed by atoms with Crippen LogP contribution in [0.4, 0.5) is 11.6 Å². The second-order valence-electron chi connectivity index (χ2n) is 4.97. The fraction of sp³-hybridized carbons (Fsp3) is 0.636. The van der Waals surface area contributed by atoms with E-state index in [1.165, 1.54) is 6.33 Å². The van der Waals surface area contributed by atoms with E-state index >= 15 is 0 Å². The highest BCUT2D eigenvalue weighted by Crippen LogP contribution is 2.25. The quantitative estimate of drug-likeness (QED) is 0.504. The third-order valence-electron chi connectivity index (χ3n) is 2.81. The van der Waals surface area contributed by atoms with Crippen LogP contribution in [0.15, 0.2) is 12.4 Å². The summed E-state index contributed by atoms with van der Waals surface area (Å²) in [4.78, 5) is 10.3. The first-order valence-corrected chi connectivity index (χ1v) is 5.86. The van der Waals surface area contributed by atoms with E-state index in [2.05, 4.69) is 20.3 Å². The first-order valence-electron chi connectivity index (χ1n) is 5.86. The fourth-order valence-corrected chi connectivity index (χ4v) is 2.16. The molecule has 0 amide bonds. The van der Waals surface area contributed by atoms with Gasteiger partial charge in [0.05, 0.1) is 18.3 Å². The van der Waals surface area contributed by atoms with E-state index in [9.17, 15) is 5.11 Å². The number of aliphatic hydroxyl groups is 1. The smallest absolute Gasteiger partial charge is 0.145 e. The van der Waals surface area contributed by atoms with Crippen LogP contribution in [0.1, 0.15) is 13.8 Å². The summed E-state index contributed by atoms with van der Waals surface area (Å²) >= 11 is 0. The molecular formula is C11H19N5O2. The van der Waals surface area contributed by atoms with Gasteiger partial charge in [-0.05, 0) is 13.8 Å². The summed E-state index contributed by atoms with van der Waals surface area (Å²) in [6, 6.07) is 1.77. The number of nitrogens with one attached hydrogen (secondary N) is 1. The van der Waals surface area contributed by atoms with Gasteiger partial charge < -0.3 is 20.2 Å². The van der Waals surface area contributed by atoms with Gasteiger partial charge in [0.2, 0.25) is 0 Å². The summed E-state index contributed by atoms with van der Waals surface area (Å²) in [6.07, 6.45) is 1.25. The lowest BCUT2D eigenvalue weighted by molar-refractivity contribution is -0.101. The van der Waals surface area contributed by atoms with Crippen molar-refractivity contribution in [3.05, 3.63) is 12.4 Å². The second-order valence-corrected chi connectivity index (χ2v) is 4.97. The number of rotatable bonds is 3. The van der Waals surface area contributed by atoms with Gasteiger partial charge >= 0.3 is 0 Å². The number of nitrogens with two attached hydrogens (primary N) is 1. The maximum atomic E-state index is 9.27. The normalized spacial score (nSPS) is 22.9. The van der Waals surface area contributed by atoms with Crippen molar-refractivity contribution < 1.29 is 9.84 Å². The van der Waals surface area contributed by atoms with Crippen LogP contribution in [0.3, 0.4) is 0 Å². The average Bonchev–Trinajstić information content (AvgIpc) is 2.37. The molecule has 1 aliphatic heterocycles. The zero-order valence-corrected chi connectivity index (χ0v) is 10.6. The molecule has 1 unspecified atom stereocenters. The van der Waals surface area contributed by atoms with Gasteiger partial charge in [-0.15, -0.1) is 0 Å². The molecule has 2 rings (SSSR count). The SMILES string of the molecule is CC1(C)CN(c2cc(NN)ncn2)CC(CO)O1. The van der Waals surface area contributed by atoms with E-state index in [0.717, 1.165) is 5.82 Å². The number of nitrogens with zero attached hydrogens (tertiary/aromatic N) is 3. The van der Waals surface area contributed by atoms with Gasteiger partial charge in [-0.3, -0.25) is 0 Å². The molecule has 1 atom stereocenters. The van der Waals surface area contributed by atoms with Crippen molar-refractivity contribution in [2.75, 3.05) is 30.0 Å². The standard InChI is InChI=1S/C11H19N5O2/c1-11(2)6-16(4-8(5-17)18-11)10-3-9(15-12)13-7-14-10/h3,7-8,17H,4-6,12H2,1-2H3,(H,13,14,15). The number of ether oxygens (including phenoxy) is 1. The molecule has 1 aromatic heterocycles. The van der Waals surface area contributed by atoms with Crippen molar-refractivity contribution in [3.8, 4) is 0 Å². The molecule has 100 valence electrons. The number of aromatic nitrogens is 2. The molecule has 1 fully saturated rings. The van der Waals surface area contributed by atoms with Gasteiger partial charge in [0.15, 0.2) is 0 Å². The van der Waals surface area contributed by atoms with E-state index in [0.29, 0.717) is 18.9 Å². The number of hydrazine groups is 1. The maximum Gasteiger partial charge on any atom is 0.145 e. The van der Waals surface area contributed by atoms with E-state index in [4.69, 9.17) is 10.6 Å². The average molecular weight is 253 g/mol. The van der Waals surface area contributed by atoms with Crippen LogP contribution >= 0.6 is 0 Å². The van der Waals surface area contributed by atoms with Gasteiger partial charge in [0, 0.05) is 19.2 Å². The summed E-state index contributed by atoms with van der Waals surface area (Å²) < 4.78 is 5.76. The Morgan fingerprint density at radius 1 is 1.61 bits per heavy atom. The Labute approximate surface area is 106 Å². The van der Waals surface area contributed by atoms with Crippen molar-refractivity contribution >= 4 is 11.6 Å². The highest BCUT2D eigenvalue weighted by Gasteiger charge is 2.33. The number of morpholine rings is 1. The van der Waals surface area contributed by atoms with Crippen molar-refractivity contribution in [2.45, 2.75) is 25.6 Å². The molecular weight excluding hydrogens is 234 g/mol. The van der Waals surface area contributed by atoms with Crippen LogP contribution in [-0.4, -0.2) is 46.5 Å². The summed E-state index contributed by atoms with van der Waals surface area (Å²) in [5, 5.41) is 9.27. The van der Waals surface area contributed by atoms with E-state index < -0.39 is 0 Å². The Morgan fingerprint density at radius 2 is 2.39 bits per heavy atom. The van der Waals surface area contributed by atoms with Gasteiger partial charge in [-0.1, -0.05) is 0 Å². The highest BCUT2D eigenvalue weighted by atomic mass is 16.5. The Kier molecular flexibility index (Phi) is 3.65.